The van der Waals surface area contributed by atoms with E-state index in [1.165, 1.54) is 24.5 Å². The second-order valence-electron chi connectivity index (χ2n) is 8.85. The maximum atomic E-state index is 13.2. The van der Waals surface area contributed by atoms with Crippen LogP contribution in [0.15, 0.2) is 48.0 Å². The second-order valence-corrected chi connectivity index (χ2v) is 11.4. The number of carbonyl (C=O) groups is 2. The number of rotatable bonds is 8. The lowest BCUT2D eigenvalue weighted by Crippen LogP contribution is -2.43. The minimum atomic E-state index is -3.75. The summed E-state index contributed by atoms with van der Waals surface area (Å²) in [6, 6.07) is 7.33. The third kappa shape index (κ3) is 6.61. The van der Waals surface area contributed by atoms with Crippen molar-refractivity contribution in [3.8, 4) is 0 Å². The molecule has 0 unspecified atom stereocenters. The van der Waals surface area contributed by atoms with Crippen molar-refractivity contribution >= 4 is 44.6 Å². The molecule has 1 aliphatic carbocycles. The molecule has 1 heterocycles. The van der Waals surface area contributed by atoms with Crippen LogP contribution in [-0.2, 0) is 20.4 Å². The first-order valence-corrected chi connectivity index (χ1v) is 13.7. The van der Waals surface area contributed by atoms with Crippen molar-refractivity contribution in [3.05, 3.63) is 70.0 Å². The number of anilines is 2. The molecule has 0 bridgehead atoms. The fourth-order valence-electron chi connectivity index (χ4n) is 4.26. The number of sulfone groups is 1. The van der Waals surface area contributed by atoms with Crippen molar-refractivity contribution in [1.29, 1.82) is 0 Å². The van der Waals surface area contributed by atoms with Gasteiger partial charge in [0.15, 0.2) is 9.84 Å². The zero-order chi connectivity index (χ0) is 25.0. The summed E-state index contributed by atoms with van der Waals surface area (Å²) in [5.41, 5.74) is 2.98. The van der Waals surface area contributed by atoms with Crippen molar-refractivity contribution in [2.75, 3.05) is 22.9 Å². The molecule has 0 spiro atoms. The van der Waals surface area contributed by atoms with Gasteiger partial charge in [0, 0.05) is 17.1 Å². The molecular weight excluding hydrogens is 493 g/mol. The number of hydrogen-bond acceptors (Lipinski definition) is 5. The fourth-order valence-corrected chi connectivity index (χ4v) is 6.16. The Bertz CT molecular complexity index is 1280. The lowest BCUT2D eigenvalue weighted by Gasteiger charge is -2.27. The molecular formula is C25H27ClFN3O4S. The maximum absolute atomic E-state index is 13.2. The summed E-state index contributed by atoms with van der Waals surface area (Å²) >= 11 is 5.95. The molecule has 0 aromatic heterocycles. The molecule has 2 aliphatic rings. The normalized spacial score (nSPS) is 17.6. The van der Waals surface area contributed by atoms with Crippen LogP contribution in [0.2, 0.25) is 5.02 Å². The van der Waals surface area contributed by atoms with Gasteiger partial charge in [-0.15, -0.1) is 0 Å². The summed E-state index contributed by atoms with van der Waals surface area (Å²) in [6.07, 6.45) is 7.68. The van der Waals surface area contributed by atoms with Gasteiger partial charge < -0.3 is 16.0 Å². The van der Waals surface area contributed by atoms with Gasteiger partial charge in [-0.3, -0.25) is 9.59 Å². The van der Waals surface area contributed by atoms with E-state index in [0.29, 0.717) is 23.5 Å². The van der Waals surface area contributed by atoms with Crippen LogP contribution in [0.25, 0.3) is 0 Å². The number of hydrogen-bond donors (Lipinski definition) is 3. The third-order valence-corrected chi connectivity index (χ3v) is 8.06. The Kier molecular flexibility index (Phi) is 7.76. The molecule has 2 aromatic rings. The Hall–Kier alpha value is -2.91. The number of carbonyl (C=O) groups excluding carboxylic acids is 2. The second kappa shape index (κ2) is 10.8. The highest BCUT2D eigenvalue weighted by Crippen LogP contribution is 2.29. The Labute approximate surface area is 209 Å². The summed E-state index contributed by atoms with van der Waals surface area (Å²) < 4.78 is 38.6. The lowest BCUT2D eigenvalue weighted by molar-refractivity contribution is -0.116. The van der Waals surface area contributed by atoms with Crippen LogP contribution in [0.5, 0.6) is 0 Å². The van der Waals surface area contributed by atoms with Gasteiger partial charge in [0.05, 0.1) is 22.9 Å². The molecule has 0 saturated carbocycles. The highest BCUT2D eigenvalue weighted by Gasteiger charge is 2.31. The molecule has 186 valence electrons. The summed E-state index contributed by atoms with van der Waals surface area (Å²) in [4.78, 5) is 25.2. The van der Waals surface area contributed by atoms with Gasteiger partial charge in [-0.25, -0.2) is 12.8 Å². The third-order valence-electron chi connectivity index (χ3n) is 6.11. The van der Waals surface area contributed by atoms with E-state index in [9.17, 15) is 22.4 Å². The van der Waals surface area contributed by atoms with Crippen LogP contribution in [0, 0.1) is 5.82 Å². The van der Waals surface area contributed by atoms with Crippen molar-refractivity contribution in [2.24, 2.45) is 0 Å². The monoisotopic (exact) mass is 519 g/mol. The SMILES string of the molecule is O=C(NCCC1=CCCCC1)c1ccc2c(c1)NC(=O)[C@H](CS(=O)(=O)Cc1ccc(F)cc1Cl)N2. The molecule has 2 aromatic carbocycles. The van der Waals surface area contributed by atoms with E-state index in [0.717, 1.165) is 31.4 Å². The Balaban J connectivity index is 1.36. The molecule has 10 heteroatoms. The number of halogens is 2. The lowest BCUT2D eigenvalue weighted by atomic mass is 9.97. The number of allylic oxidation sites excluding steroid dienone is 1. The van der Waals surface area contributed by atoms with Crippen LogP contribution < -0.4 is 16.0 Å². The van der Waals surface area contributed by atoms with E-state index in [2.05, 4.69) is 22.0 Å². The standard InChI is InChI=1S/C25H27ClFN3O4S/c26-20-13-19(27)8-6-18(20)14-35(33,34)15-23-25(32)30-22-12-17(7-9-21(22)29-23)24(31)28-11-10-16-4-2-1-3-5-16/h4,6-9,12-13,23,29H,1-3,5,10-11,14-15H2,(H,28,31)(H,30,32)/t23-/m0/s1. The van der Waals surface area contributed by atoms with Crippen LogP contribution in [-0.4, -0.2) is 38.6 Å². The minimum absolute atomic E-state index is 0.0150. The number of amides is 2. The zero-order valence-electron chi connectivity index (χ0n) is 19.1. The summed E-state index contributed by atoms with van der Waals surface area (Å²) in [6.45, 7) is 0.546. The summed E-state index contributed by atoms with van der Waals surface area (Å²) in [5, 5.41) is 8.55. The number of benzene rings is 2. The van der Waals surface area contributed by atoms with Crippen LogP contribution >= 0.6 is 11.6 Å². The summed E-state index contributed by atoms with van der Waals surface area (Å²) in [5.74, 6) is -2.20. The molecule has 7 nitrogen and oxygen atoms in total. The van der Waals surface area contributed by atoms with Crippen LogP contribution in [0.3, 0.4) is 0 Å². The van der Waals surface area contributed by atoms with Crippen LogP contribution in [0.1, 0.15) is 48.0 Å². The van der Waals surface area contributed by atoms with Gasteiger partial charge in [-0.05, 0) is 68.0 Å². The maximum Gasteiger partial charge on any atom is 0.251 e. The molecule has 0 radical (unpaired) electrons. The van der Waals surface area contributed by atoms with Gasteiger partial charge >= 0.3 is 0 Å². The molecule has 1 aliphatic heterocycles. The van der Waals surface area contributed by atoms with Crippen molar-refractivity contribution in [3.63, 3.8) is 0 Å². The first-order valence-electron chi connectivity index (χ1n) is 11.5. The average molecular weight is 520 g/mol. The predicted molar refractivity (Wildman–Crippen MR) is 135 cm³/mol. The number of nitrogens with one attached hydrogen (secondary N) is 3. The molecule has 3 N–H and O–H groups in total. The van der Waals surface area contributed by atoms with E-state index >= 15 is 0 Å². The Morgan fingerprint density at radius 1 is 1.14 bits per heavy atom. The first-order chi connectivity index (χ1) is 16.7. The molecule has 4 rings (SSSR count). The topological polar surface area (TPSA) is 104 Å². The van der Waals surface area contributed by atoms with E-state index in [1.807, 2.05) is 0 Å². The van der Waals surface area contributed by atoms with E-state index in [-0.39, 0.29) is 16.5 Å². The molecule has 2 amide bonds. The van der Waals surface area contributed by atoms with Gasteiger partial charge in [-0.1, -0.05) is 29.3 Å². The Morgan fingerprint density at radius 3 is 2.71 bits per heavy atom. The van der Waals surface area contributed by atoms with Gasteiger partial charge in [0.1, 0.15) is 11.9 Å². The quantitative estimate of drug-likeness (QED) is 0.447. The minimum Gasteiger partial charge on any atom is -0.371 e. The predicted octanol–water partition coefficient (Wildman–Crippen LogP) is 4.45. The number of fused-ring (bicyclic) bond motifs is 1. The average Bonchev–Trinajstić information content (AvgIpc) is 2.81. The van der Waals surface area contributed by atoms with E-state index < -0.39 is 39.1 Å². The van der Waals surface area contributed by atoms with Gasteiger partial charge in [0.2, 0.25) is 5.91 Å². The first kappa shape index (κ1) is 25.2. The van der Waals surface area contributed by atoms with E-state index in [4.69, 9.17) is 11.6 Å². The zero-order valence-corrected chi connectivity index (χ0v) is 20.6. The van der Waals surface area contributed by atoms with Gasteiger partial charge in [0.25, 0.3) is 5.91 Å². The molecule has 0 fully saturated rings. The van der Waals surface area contributed by atoms with Crippen LogP contribution in [0.4, 0.5) is 15.8 Å². The smallest absolute Gasteiger partial charge is 0.251 e. The molecule has 35 heavy (non-hydrogen) atoms. The van der Waals surface area contributed by atoms with Gasteiger partial charge in [-0.2, -0.15) is 0 Å². The summed E-state index contributed by atoms with van der Waals surface area (Å²) in [7, 11) is -3.75. The largest absolute Gasteiger partial charge is 0.371 e. The highest BCUT2D eigenvalue weighted by atomic mass is 35.5. The Morgan fingerprint density at radius 2 is 1.97 bits per heavy atom. The molecule has 0 saturated heterocycles. The van der Waals surface area contributed by atoms with Crippen molar-refractivity contribution in [1.82, 2.24) is 5.32 Å². The van der Waals surface area contributed by atoms with E-state index in [1.54, 1.807) is 18.2 Å². The fraction of sp³-hybridized carbons (Fsp3) is 0.360. The van der Waals surface area contributed by atoms with Crippen molar-refractivity contribution < 1.29 is 22.4 Å². The highest BCUT2D eigenvalue weighted by molar-refractivity contribution is 7.90. The van der Waals surface area contributed by atoms with Crippen molar-refractivity contribution in [2.45, 2.75) is 43.9 Å². The molecule has 1 atom stereocenters.